The molecule has 1 aliphatic rings. The maximum Gasteiger partial charge on any atom is 0.227 e. The molecule has 0 aliphatic carbocycles. The molecule has 2 heterocycles. The maximum atomic E-state index is 11.9. The zero-order chi connectivity index (χ0) is 14.5. The Bertz CT molecular complexity index is 593. The lowest BCUT2D eigenvalue weighted by atomic mass is 10.2. The van der Waals surface area contributed by atoms with E-state index in [1.165, 1.54) is 24.2 Å². The van der Waals surface area contributed by atoms with E-state index in [0.717, 1.165) is 30.2 Å². The number of nitrogens with one attached hydrogen (secondary N) is 1. The SMILES string of the molecule is O=C(CCN1CCCC1)Nc1nnc(-c2ccccc2)s1. The average Bonchev–Trinajstić information content (AvgIpc) is 3.17. The normalized spacial score (nSPS) is 15.2. The van der Waals surface area contributed by atoms with Crippen molar-refractivity contribution in [3.63, 3.8) is 0 Å². The van der Waals surface area contributed by atoms with Crippen LogP contribution in [0.3, 0.4) is 0 Å². The van der Waals surface area contributed by atoms with E-state index in [1.807, 2.05) is 30.3 Å². The van der Waals surface area contributed by atoms with Gasteiger partial charge in [-0.3, -0.25) is 4.79 Å². The van der Waals surface area contributed by atoms with Crippen molar-refractivity contribution in [1.82, 2.24) is 15.1 Å². The minimum absolute atomic E-state index is 0.0117. The van der Waals surface area contributed by atoms with Gasteiger partial charge in [-0.1, -0.05) is 41.7 Å². The van der Waals surface area contributed by atoms with E-state index in [2.05, 4.69) is 20.4 Å². The summed E-state index contributed by atoms with van der Waals surface area (Å²) < 4.78 is 0. The molecule has 110 valence electrons. The quantitative estimate of drug-likeness (QED) is 0.922. The lowest BCUT2D eigenvalue weighted by molar-refractivity contribution is -0.116. The maximum absolute atomic E-state index is 11.9. The number of benzene rings is 1. The Balaban J connectivity index is 1.53. The number of carbonyl (C=O) groups is 1. The van der Waals surface area contributed by atoms with Crippen LogP contribution in [0.4, 0.5) is 5.13 Å². The lowest BCUT2D eigenvalue weighted by Crippen LogP contribution is -2.25. The summed E-state index contributed by atoms with van der Waals surface area (Å²) in [6.45, 7) is 3.06. The van der Waals surface area contributed by atoms with Gasteiger partial charge in [0, 0.05) is 18.5 Å². The number of anilines is 1. The summed E-state index contributed by atoms with van der Waals surface area (Å²) in [5.41, 5.74) is 1.02. The summed E-state index contributed by atoms with van der Waals surface area (Å²) in [5.74, 6) is 0.0117. The molecule has 1 aromatic carbocycles. The van der Waals surface area contributed by atoms with Crippen molar-refractivity contribution in [3.8, 4) is 10.6 Å². The Morgan fingerprint density at radius 1 is 1.19 bits per heavy atom. The highest BCUT2D eigenvalue weighted by atomic mass is 32.1. The Morgan fingerprint density at radius 2 is 1.95 bits per heavy atom. The molecule has 0 saturated carbocycles. The molecule has 21 heavy (non-hydrogen) atoms. The van der Waals surface area contributed by atoms with Gasteiger partial charge in [0.25, 0.3) is 0 Å². The third-order valence-electron chi connectivity index (χ3n) is 3.55. The Labute approximate surface area is 128 Å². The van der Waals surface area contributed by atoms with Crippen LogP contribution in [-0.2, 0) is 4.79 Å². The molecule has 1 amide bonds. The number of likely N-dealkylation sites (tertiary alicyclic amines) is 1. The van der Waals surface area contributed by atoms with Crippen LogP contribution >= 0.6 is 11.3 Å². The molecule has 1 N–H and O–H groups in total. The van der Waals surface area contributed by atoms with Gasteiger partial charge in [0.15, 0.2) is 0 Å². The van der Waals surface area contributed by atoms with Crippen LogP contribution in [-0.4, -0.2) is 40.6 Å². The second kappa shape index (κ2) is 6.78. The molecule has 2 aromatic rings. The van der Waals surface area contributed by atoms with E-state index < -0.39 is 0 Å². The van der Waals surface area contributed by atoms with Crippen molar-refractivity contribution in [2.75, 3.05) is 25.0 Å². The van der Waals surface area contributed by atoms with Crippen molar-refractivity contribution < 1.29 is 4.79 Å². The summed E-state index contributed by atoms with van der Waals surface area (Å²) in [5, 5.41) is 12.4. The number of nitrogens with zero attached hydrogens (tertiary/aromatic N) is 3. The smallest absolute Gasteiger partial charge is 0.227 e. The Hall–Kier alpha value is -1.79. The molecular weight excluding hydrogens is 284 g/mol. The first-order valence-corrected chi connectivity index (χ1v) is 8.04. The first-order chi connectivity index (χ1) is 10.3. The predicted octanol–water partition coefficient (Wildman–Crippen LogP) is 2.63. The fraction of sp³-hybridized carbons (Fsp3) is 0.400. The monoisotopic (exact) mass is 302 g/mol. The largest absolute Gasteiger partial charge is 0.303 e. The molecular formula is C15H18N4OS. The number of hydrogen-bond donors (Lipinski definition) is 1. The van der Waals surface area contributed by atoms with Gasteiger partial charge in [0.2, 0.25) is 11.0 Å². The highest BCUT2D eigenvalue weighted by molar-refractivity contribution is 7.18. The van der Waals surface area contributed by atoms with E-state index in [9.17, 15) is 4.79 Å². The van der Waals surface area contributed by atoms with Crippen molar-refractivity contribution in [1.29, 1.82) is 0 Å². The van der Waals surface area contributed by atoms with Gasteiger partial charge in [-0.25, -0.2) is 0 Å². The molecule has 0 atom stereocenters. The molecule has 3 rings (SSSR count). The molecule has 1 fully saturated rings. The number of carbonyl (C=O) groups excluding carboxylic acids is 1. The molecule has 0 unspecified atom stereocenters. The molecule has 0 radical (unpaired) electrons. The lowest BCUT2D eigenvalue weighted by Gasteiger charge is -2.13. The Kier molecular flexibility index (Phi) is 4.57. The van der Waals surface area contributed by atoms with E-state index >= 15 is 0 Å². The third-order valence-corrected chi connectivity index (χ3v) is 4.43. The summed E-state index contributed by atoms with van der Waals surface area (Å²) in [4.78, 5) is 14.2. The zero-order valence-electron chi connectivity index (χ0n) is 11.8. The molecule has 1 aliphatic heterocycles. The third kappa shape index (κ3) is 3.86. The van der Waals surface area contributed by atoms with E-state index in [1.54, 1.807) is 0 Å². The standard InChI is InChI=1S/C15H18N4OS/c20-13(8-11-19-9-4-5-10-19)16-15-18-17-14(21-15)12-6-2-1-3-7-12/h1-3,6-7H,4-5,8-11H2,(H,16,18,20). The number of hydrogen-bond acceptors (Lipinski definition) is 5. The van der Waals surface area contributed by atoms with Crippen LogP contribution in [0.5, 0.6) is 0 Å². The summed E-state index contributed by atoms with van der Waals surface area (Å²) in [7, 11) is 0. The molecule has 1 saturated heterocycles. The minimum Gasteiger partial charge on any atom is -0.303 e. The molecule has 6 heteroatoms. The second-order valence-corrected chi connectivity index (χ2v) is 6.10. The van der Waals surface area contributed by atoms with Gasteiger partial charge in [0.1, 0.15) is 5.01 Å². The average molecular weight is 302 g/mol. The topological polar surface area (TPSA) is 58.1 Å². The minimum atomic E-state index is 0.0117. The van der Waals surface area contributed by atoms with Crippen LogP contribution in [0.15, 0.2) is 30.3 Å². The summed E-state index contributed by atoms with van der Waals surface area (Å²) in [6.07, 6.45) is 3.01. The van der Waals surface area contributed by atoms with Crippen molar-refractivity contribution in [3.05, 3.63) is 30.3 Å². The number of rotatable bonds is 5. The van der Waals surface area contributed by atoms with Gasteiger partial charge >= 0.3 is 0 Å². The summed E-state index contributed by atoms with van der Waals surface area (Å²) in [6, 6.07) is 9.86. The fourth-order valence-electron chi connectivity index (χ4n) is 2.42. The zero-order valence-corrected chi connectivity index (χ0v) is 12.6. The highest BCUT2D eigenvalue weighted by Crippen LogP contribution is 2.25. The van der Waals surface area contributed by atoms with E-state index in [0.29, 0.717) is 11.6 Å². The summed E-state index contributed by atoms with van der Waals surface area (Å²) >= 11 is 1.40. The van der Waals surface area contributed by atoms with Crippen LogP contribution < -0.4 is 5.32 Å². The molecule has 5 nitrogen and oxygen atoms in total. The second-order valence-electron chi connectivity index (χ2n) is 5.13. The number of amides is 1. The van der Waals surface area contributed by atoms with Crippen molar-refractivity contribution in [2.45, 2.75) is 19.3 Å². The first-order valence-electron chi connectivity index (χ1n) is 7.22. The van der Waals surface area contributed by atoms with Gasteiger partial charge < -0.3 is 10.2 Å². The first kappa shape index (κ1) is 14.2. The Morgan fingerprint density at radius 3 is 2.71 bits per heavy atom. The van der Waals surface area contributed by atoms with Gasteiger partial charge in [0.05, 0.1) is 0 Å². The predicted molar refractivity (Wildman–Crippen MR) is 84.3 cm³/mol. The molecule has 0 bridgehead atoms. The van der Waals surface area contributed by atoms with E-state index in [-0.39, 0.29) is 5.91 Å². The fourth-order valence-corrected chi connectivity index (χ4v) is 3.18. The van der Waals surface area contributed by atoms with Crippen LogP contribution in [0, 0.1) is 0 Å². The van der Waals surface area contributed by atoms with Crippen molar-refractivity contribution in [2.24, 2.45) is 0 Å². The van der Waals surface area contributed by atoms with E-state index in [4.69, 9.17) is 0 Å². The highest BCUT2D eigenvalue weighted by Gasteiger charge is 2.14. The van der Waals surface area contributed by atoms with Gasteiger partial charge in [-0.2, -0.15) is 0 Å². The molecule has 0 spiro atoms. The van der Waals surface area contributed by atoms with Crippen LogP contribution in [0.25, 0.3) is 10.6 Å². The van der Waals surface area contributed by atoms with Gasteiger partial charge in [-0.15, -0.1) is 10.2 Å². The number of aromatic nitrogens is 2. The van der Waals surface area contributed by atoms with Crippen LogP contribution in [0.2, 0.25) is 0 Å². The van der Waals surface area contributed by atoms with Crippen molar-refractivity contribution >= 4 is 22.4 Å². The molecule has 1 aromatic heterocycles. The van der Waals surface area contributed by atoms with Gasteiger partial charge in [-0.05, 0) is 25.9 Å². The van der Waals surface area contributed by atoms with Crippen LogP contribution in [0.1, 0.15) is 19.3 Å².